The van der Waals surface area contributed by atoms with Crippen molar-refractivity contribution in [3.63, 3.8) is 0 Å². The van der Waals surface area contributed by atoms with E-state index < -0.39 is 5.82 Å². The molecule has 0 saturated carbocycles. The first-order valence-corrected chi connectivity index (χ1v) is 7.76. The molecular weight excluding hydrogens is 329 g/mol. The quantitative estimate of drug-likeness (QED) is 0.823. The molecule has 8 heteroatoms. The van der Waals surface area contributed by atoms with Crippen molar-refractivity contribution in [2.24, 2.45) is 0 Å². The highest BCUT2D eigenvalue weighted by molar-refractivity contribution is 5.94. The van der Waals surface area contributed by atoms with Crippen molar-refractivity contribution in [2.45, 2.75) is 12.5 Å². The number of aromatic nitrogens is 2. The van der Waals surface area contributed by atoms with Gasteiger partial charge in [-0.25, -0.2) is 4.39 Å². The van der Waals surface area contributed by atoms with Gasteiger partial charge in [-0.3, -0.25) is 9.78 Å². The van der Waals surface area contributed by atoms with E-state index in [-0.39, 0.29) is 23.3 Å². The number of hydrogen-bond acceptors (Lipinski definition) is 6. The van der Waals surface area contributed by atoms with Gasteiger partial charge in [-0.05, 0) is 18.2 Å². The van der Waals surface area contributed by atoms with Gasteiger partial charge in [-0.15, -0.1) is 0 Å². The van der Waals surface area contributed by atoms with Gasteiger partial charge in [-0.2, -0.15) is 4.98 Å². The topological polar surface area (TPSA) is 73.8 Å². The van der Waals surface area contributed by atoms with Crippen molar-refractivity contribution in [1.29, 1.82) is 0 Å². The molecule has 1 saturated heterocycles. The predicted molar refractivity (Wildman–Crippen MR) is 86.5 cm³/mol. The number of methoxy groups -OCH3 is 2. The van der Waals surface area contributed by atoms with E-state index in [4.69, 9.17) is 14.2 Å². The molecule has 7 nitrogen and oxygen atoms in total. The number of carbonyl (C=O) groups is 1. The monoisotopic (exact) mass is 347 g/mol. The average molecular weight is 347 g/mol. The van der Waals surface area contributed by atoms with E-state index in [1.165, 1.54) is 38.7 Å². The summed E-state index contributed by atoms with van der Waals surface area (Å²) in [6.07, 6.45) is 3.43. The zero-order valence-corrected chi connectivity index (χ0v) is 13.9. The molecular formula is C17H18FN3O4. The van der Waals surface area contributed by atoms with Gasteiger partial charge in [0, 0.05) is 18.5 Å². The van der Waals surface area contributed by atoms with E-state index in [0.717, 1.165) is 0 Å². The minimum absolute atomic E-state index is 0.107. The molecule has 3 rings (SSSR count). The molecule has 2 aromatic rings. The van der Waals surface area contributed by atoms with Gasteiger partial charge in [0.15, 0.2) is 11.6 Å². The Kier molecular flexibility index (Phi) is 4.97. The molecule has 0 radical (unpaired) electrons. The van der Waals surface area contributed by atoms with Crippen molar-refractivity contribution in [1.82, 2.24) is 14.9 Å². The van der Waals surface area contributed by atoms with Crippen LogP contribution in [0.1, 0.15) is 16.8 Å². The fourth-order valence-electron chi connectivity index (χ4n) is 2.65. The maximum Gasteiger partial charge on any atom is 0.254 e. The van der Waals surface area contributed by atoms with Gasteiger partial charge in [0.2, 0.25) is 11.8 Å². The Labute approximate surface area is 144 Å². The summed E-state index contributed by atoms with van der Waals surface area (Å²) in [6.45, 7) is 0.917. The molecule has 1 aliphatic rings. The van der Waals surface area contributed by atoms with Crippen LogP contribution >= 0.6 is 0 Å². The number of amides is 1. The third-order valence-electron chi connectivity index (χ3n) is 3.92. The number of carbonyl (C=O) groups excluding carboxylic acids is 1. The van der Waals surface area contributed by atoms with E-state index in [0.29, 0.717) is 31.3 Å². The molecule has 0 aliphatic carbocycles. The fourth-order valence-corrected chi connectivity index (χ4v) is 2.65. The van der Waals surface area contributed by atoms with Gasteiger partial charge in [-0.1, -0.05) is 0 Å². The van der Waals surface area contributed by atoms with Gasteiger partial charge in [0.1, 0.15) is 6.10 Å². The first-order chi connectivity index (χ1) is 12.1. The lowest BCUT2D eigenvalue weighted by molar-refractivity contribution is 0.0770. The molecule has 1 atom stereocenters. The highest BCUT2D eigenvalue weighted by atomic mass is 19.1. The normalized spacial score (nSPS) is 16.6. The Balaban J connectivity index is 1.63. The van der Waals surface area contributed by atoms with Crippen LogP contribution in [0.2, 0.25) is 0 Å². The second-order valence-corrected chi connectivity index (χ2v) is 5.53. The lowest BCUT2D eigenvalue weighted by Crippen LogP contribution is -2.31. The van der Waals surface area contributed by atoms with Crippen LogP contribution in [-0.2, 0) is 0 Å². The van der Waals surface area contributed by atoms with Crippen LogP contribution in [-0.4, -0.2) is 54.2 Å². The third kappa shape index (κ3) is 3.78. The standard InChI is InChI=1S/C17H18FN3O4/c1-23-14-4-3-11(7-13(14)18)17(22)21-6-5-12(10-21)25-16-9-19-8-15(20-16)24-2/h3-4,7-9,12H,5-6,10H2,1-2H3. The Bertz CT molecular complexity index is 771. The van der Waals surface area contributed by atoms with Crippen molar-refractivity contribution < 1.29 is 23.4 Å². The Morgan fingerprint density at radius 1 is 1.24 bits per heavy atom. The predicted octanol–water partition coefficient (Wildman–Crippen LogP) is 1.93. The summed E-state index contributed by atoms with van der Waals surface area (Å²) in [5.74, 6) is -0.00144. The lowest BCUT2D eigenvalue weighted by Gasteiger charge is -2.17. The summed E-state index contributed by atoms with van der Waals surface area (Å²) in [5, 5.41) is 0. The molecule has 1 aromatic carbocycles. The molecule has 1 amide bonds. The minimum atomic E-state index is -0.563. The molecule has 132 valence electrons. The van der Waals surface area contributed by atoms with E-state index >= 15 is 0 Å². The van der Waals surface area contributed by atoms with Crippen LogP contribution in [0.25, 0.3) is 0 Å². The van der Waals surface area contributed by atoms with Crippen LogP contribution in [0.5, 0.6) is 17.5 Å². The fraction of sp³-hybridized carbons (Fsp3) is 0.353. The van der Waals surface area contributed by atoms with Crippen molar-refractivity contribution >= 4 is 5.91 Å². The zero-order chi connectivity index (χ0) is 17.8. The van der Waals surface area contributed by atoms with Crippen molar-refractivity contribution in [2.75, 3.05) is 27.3 Å². The summed E-state index contributed by atoms with van der Waals surface area (Å²) in [7, 11) is 2.88. The van der Waals surface area contributed by atoms with E-state index in [1.807, 2.05) is 0 Å². The van der Waals surface area contributed by atoms with Crippen molar-refractivity contribution in [3.05, 3.63) is 42.0 Å². The van der Waals surface area contributed by atoms with E-state index in [1.54, 1.807) is 11.0 Å². The lowest BCUT2D eigenvalue weighted by atomic mass is 10.2. The molecule has 1 unspecified atom stereocenters. The summed E-state index contributed by atoms with van der Waals surface area (Å²) in [6, 6.07) is 4.17. The molecule has 0 N–H and O–H groups in total. The number of nitrogens with zero attached hydrogens (tertiary/aromatic N) is 3. The molecule has 0 spiro atoms. The van der Waals surface area contributed by atoms with Crippen LogP contribution in [0, 0.1) is 5.82 Å². The van der Waals surface area contributed by atoms with E-state index in [2.05, 4.69) is 9.97 Å². The molecule has 1 aromatic heterocycles. The minimum Gasteiger partial charge on any atom is -0.494 e. The highest BCUT2D eigenvalue weighted by Crippen LogP contribution is 2.22. The number of halogens is 1. The maximum atomic E-state index is 13.8. The summed E-state index contributed by atoms with van der Waals surface area (Å²) >= 11 is 0. The summed E-state index contributed by atoms with van der Waals surface area (Å²) in [5.41, 5.74) is 0.278. The Hall–Kier alpha value is -2.90. The number of likely N-dealkylation sites (tertiary alicyclic amines) is 1. The van der Waals surface area contributed by atoms with Crippen LogP contribution in [0.4, 0.5) is 4.39 Å². The second-order valence-electron chi connectivity index (χ2n) is 5.53. The summed E-state index contributed by atoms with van der Waals surface area (Å²) < 4.78 is 29.4. The van der Waals surface area contributed by atoms with Gasteiger partial charge >= 0.3 is 0 Å². The first-order valence-electron chi connectivity index (χ1n) is 7.76. The molecule has 25 heavy (non-hydrogen) atoms. The van der Waals surface area contributed by atoms with Gasteiger partial charge in [0.25, 0.3) is 5.91 Å². The third-order valence-corrected chi connectivity index (χ3v) is 3.92. The van der Waals surface area contributed by atoms with Gasteiger partial charge in [0.05, 0.1) is 33.2 Å². The number of ether oxygens (including phenoxy) is 3. The highest BCUT2D eigenvalue weighted by Gasteiger charge is 2.29. The molecule has 0 bridgehead atoms. The van der Waals surface area contributed by atoms with E-state index in [9.17, 15) is 9.18 Å². The zero-order valence-electron chi connectivity index (χ0n) is 13.9. The Morgan fingerprint density at radius 2 is 2.04 bits per heavy atom. The van der Waals surface area contributed by atoms with Crippen LogP contribution < -0.4 is 14.2 Å². The number of benzene rings is 1. The van der Waals surface area contributed by atoms with Crippen LogP contribution in [0.3, 0.4) is 0 Å². The van der Waals surface area contributed by atoms with Gasteiger partial charge < -0.3 is 19.1 Å². The maximum absolute atomic E-state index is 13.8. The SMILES string of the molecule is COc1cncc(OC2CCN(C(=O)c3ccc(OC)c(F)c3)C2)n1. The second kappa shape index (κ2) is 7.33. The summed E-state index contributed by atoms with van der Waals surface area (Å²) in [4.78, 5) is 22.3. The average Bonchev–Trinajstić information content (AvgIpc) is 3.09. The smallest absolute Gasteiger partial charge is 0.254 e. The van der Waals surface area contributed by atoms with Crippen LogP contribution in [0.15, 0.2) is 30.6 Å². The Morgan fingerprint density at radius 3 is 2.76 bits per heavy atom. The molecule has 1 fully saturated rings. The molecule has 2 heterocycles. The largest absolute Gasteiger partial charge is 0.494 e. The molecule has 1 aliphatic heterocycles. The number of rotatable bonds is 5. The number of hydrogen-bond donors (Lipinski definition) is 0. The van der Waals surface area contributed by atoms with Crippen molar-refractivity contribution in [3.8, 4) is 17.5 Å². The first kappa shape index (κ1) is 16.9.